The Kier molecular flexibility index (Phi) is 5.87. The number of fused-ring (bicyclic) bond motifs is 1. The molecular weight excluding hydrogens is 404 g/mol. The molecule has 1 aromatic carbocycles. The first-order valence-electron chi connectivity index (χ1n) is 9.74. The van der Waals surface area contributed by atoms with Gasteiger partial charge in [0.15, 0.2) is 11.5 Å². The van der Waals surface area contributed by atoms with Crippen LogP contribution in [0.15, 0.2) is 35.7 Å². The molecule has 152 valence electrons. The molecule has 0 saturated carbocycles. The van der Waals surface area contributed by atoms with Gasteiger partial charge < -0.3 is 14.8 Å². The van der Waals surface area contributed by atoms with Gasteiger partial charge in [-0.25, -0.2) is 4.98 Å². The molecule has 3 aromatic rings. The fraction of sp³-hybridized carbons (Fsp3) is 0.364. The molecule has 0 fully saturated rings. The van der Waals surface area contributed by atoms with Crippen LogP contribution in [0.2, 0.25) is 0 Å². The third-order valence-electron chi connectivity index (χ3n) is 4.82. The Morgan fingerprint density at radius 3 is 2.69 bits per heavy atom. The van der Waals surface area contributed by atoms with Crippen molar-refractivity contribution in [3.05, 3.63) is 51.8 Å². The van der Waals surface area contributed by atoms with Crippen LogP contribution < -0.4 is 14.8 Å². The molecule has 0 radical (unpaired) electrons. The van der Waals surface area contributed by atoms with Crippen LogP contribution in [-0.2, 0) is 0 Å². The van der Waals surface area contributed by atoms with Crippen molar-refractivity contribution in [1.82, 2.24) is 10.3 Å². The molecule has 0 aliphatic carbocycles. The van der Waals surface area contributed by atoms with Gasteiger partial charge in [0.2, 0.25) is 0 Å². The molecule has 1 atom stereocenters. The molecule has 0 saturated heterocycles. The Morgan fingerprint density at radius 1 is 1.17 bits per heavy atom. The second-order valence-corrected chi connectivity index (χ2v) is 9.31. The number of thiophene rings is 1. The highest BCUT2D eigenvalue weighted by Crippen LogP contribution is 2.35. The van der Waals surface area contributed by atoms with Crippen molar-refractivity contribution in [2.45, 2.75) is 33.2 Å². The third kappa shape index (κ3) is 4.31. The van der Waals surface area contributed by atoms with Gasteiger partial charge in [0.25, 0.3) is 5.91 Å². The lowest BCUT2D eigenvalue weighted by Crippen LogP contribution is -2.31. The second-order valence-electron chi connectivity index (χ2n) is 7.36. The molecule has 1 amide bonds. The van der Waals surface area contributed by atoms with E-state index >= 15 is 0 Å². The lowest BCUT2D eigenvalue weighted by Gasteiger charge is -2.23. The fourth-order valence-electron chi connectivity index (χ4n) is 3.33. The number of aryl methyl sites for hydroxylation is 1. The highest BCUT2D eigenvalue weighted by atomic mass is 32.1. The predicted octanol–water partition coefficient (Wildman–Crippen LogP) is 5.47. The third-order valence-corrected chi connectivity index (χ3v) is 7.01. The van der Waals surface area contributed by atoms with Gasteiger partial charge in [-0.2, -0.15) is 0 Å². The van der Waals surface area contributed by atoms with Gasteiger partial charge in [-0.1, -0.05) is 26.0 Å². The number of ether oxygens (including phenoxy) is 2. The van der Waals surface area contributed by atoms with Crippen LogP contribution in [0, 0.1) is 12.8 Å². The molecule has 1 aliphatic rings. The maximum absolute atomic E-state index is 13.1. The summed E-state index contributed by atoms with van der Waals surface area (Å²) >= 11 is 3.07. The van der Waals surface area contributed by atoms with Crippen LogP contribution >= 0.6 is 22.7 Å². The summed E-state index contributed by atoms with van der Waals surface area (Å²) in [5, 5.41) is 6.12. The number of thiazole rings is 1. The molecule has 1 N–H and O–H groups in total. The molecule has 0 bridgehead atoms. The number of nitrogens with one attached hydrogen (secondary N) is 1. The monoisotopic (exact) mass is 428 g/mol. The Labute approximate surface area is 178 Å². The number of benzene rings is 1. The number of carbonyl (C=O) groups is 1. The number of hydrogen-bond donors (Lipinski definition) is 1. The Balaban J connectivity index is 1.58. The molecular formula is C22H24N2O3S2. The number of amides is 1. The van der Waals surface area contributed by atoms with Crippen molar-refractivity contribution in [1.29, 1.82) is 0 Å². The quantitative estimate of drug-likeness (QED) is 0.585. The maximum atomic E-state index is 13.1. The van der Waals surface area contributed by atoms with E-state index in [2.05, 4.69) is 24.1 Å². The van der Waals surface area contributed by atoms with Gasteiger partial charge in [0.05, 0.1) is 29.8 Å². The molecule has 5 nitrogen and oxygen atoms in total. The summed E-state index contributed by atoms with van der Waals surface area (Å²) in [5.74, 6) is 1.63. The minimum absolute atomic E-state index is 0.0892. The summed E-state index contributed by atoms with van der Waals surface area (Å²) in [6, 6.07) is 9.82. The predicted molar refractivity (Wildman–Crippen MR) is 117 cm³/mol. The van der Waals surface area contributed by atoms with E-state index in [1.807, 2.05) is 42.6 Å². The van der Waals surface area contributed by atoms with E-state index < -0.39 is 0 Å². The molecule has 29 heavy (non-hydrogen) atoms. The van der Waals surface area contributed by atoms with E-state index in [1.54, 1.807) is 11.3 Å². The number of rotatable bonds is 5. The van der Waals surface area contributed by atoms with Crippen molar-refractivity contribution < 1.29 is 14.3 Å². The molecule has 0 unspecified atom stereocenters. The molecule has 0 spiro atoms. The van der Waals surface area contributed by atoms with E-state index in [0.717, 1.165) is 39.1 Å². The van der Waals surface area contributed by atoms with Gasteiger partial charge in [-0.05, 0) is 42.0 Å². The second kappa shape index (κ2) is 8.55. The minimum atomic E-state index is -0.133. The standard InChI is InChI=1S/C22H24N2O3S2/c1-13(2)19(15-7-8-16-17(12-15)27-10-5-9-26-16)24-21(25)20-14(3)23-22(29-20)18-6-4-11-28-18/h4,6-8,11-13,19H,5,9-10H2,1-3H3,(H,24,25)/t19-/m0/s1. The van der Waals surface area contributed by atoms with Crippen LogP contribution in [-0.4, -0.2) is 24.1 Å². The van der Waals surface area contributed by atoms with Gasteiger partial charge in [-0.3, -0.25) is 4.79 Å². The van der Waals surface area contributed by atoms with E-state index in [1.165, 1.54) is 11.3 Å². The van der Waals surface area contributed by atoms with E-state index in [-0.39, 0.29) is 17.9 Å². The zero-order chi connectivity index (χ0) is 20.4. The summed E-state index contributed by atoms with van der Waals surface area (Å²) in [4.78, 5) is 19.4. The van der Waals surface area contributed by atoms with Crippen LogP contribution in [0.1, 0.15) is 47.2 Å². The Morgan fingerprint density at radius 2 is 1.97 bits per heavy atom. The zero-order valence-corrected chi connectivity index (χ0v) is 18.4. The van der Waals surface area contributed by atoms with E-state index in [9.17, 15) is 4.79 Å². The van der Waals surface area contributed by atoms with E-state index in [0.29, 0.717) is 18.1 Å². The SMILES string of the molecule is Cc1nc(-c2cccs2)sc1C(=O)N[C@H](c1ccc2c(c1)OCCCO2)C(C)C. The van der Waals surface area contributed by atoms with Crippen molar-refractivity contribution in [2.75, 3.05) is 13.2 Å². The highest BCUT2D eigenvalue weighted by molar-refractivity contribution is 7.22. The maximum Gasteiger partial charge on any atom is 0.263 e. The minimum Gasteiger partial charge on any atom is -0.490 e. The van der Waals surface area contributed by atoms with Gasteiger partial charge in [0, 0.05) is 6.42 Å². The molecule has 1 aliphatic heterocycles. The molecule has 2 aromatic heterocycles. The topological polar surface area (TPSA) is 60.5 Å². The normalized spacial score (nSPS) is 14.5. The van der Waals surface area contributed by atoms with Crippen LogP contribution in [0.25, 0.3) is 9.88 Å². The van der Waals surface area contributed by atoms with Gasteiger partial charge in [0.1, 0.15) is 9.88 Å². The fourth-order valence-corrected chi connectivity index (χ4v) is 5.09. The van der Waals surface area contributed by atoms with Crippen LogP contribution in [0.4, 0.5) is 0 Å². The van der Waals surface area contributed by atoms with Crippen LogP contribution in [0.5, 0.6) is 11.5 Å². The Bertz CT molecular complexity index is 996. The summed E-state index contributed by atoms with van der Waals surface area (Å²) in [7, 11) is 0. The summed E-state index contributed by atoms with van der Waals surface area (Å²) in [6.07, 6.45) is 0.867. The van der Waals surface area contributed by atoms with Crippen molar-refractivity contribution in [3.8, 4) is 21.4 Å². The van der Waals surface area contributed by atoms with Crippen molar-refractivity contribution >= 4 is 28.6 Å². The van der Waals surface area contributed by atoms with Crippen molar-refractivity contribution in [2.24, 2.45) is 5.92 Å². The van der Waals surface area contributed by atoms with E-state index in [4.69, 9.17) is 9.47 Å². The average molecular weight is 429 g/mol. The highest BCUT2D eigenvalue weighted by Gasteiger charge is 2.24. The Hall–Kier alpha value is -2.38. The smallest absolute Gasteiger partial charge is 0.263 e. The first-order valence-corrected chi connectivity index (χ1v) is 11.4. The zero-order valence-electron chi connectivity index (χ0n) is 16.7. The van der Waals surface area contributed by atoms with Crippen LogP contribution in [0.3, 0.4) is 0 Å². The molecule has 7 heteroatoms. The lowest BCUT2D eigenvalue weighted by atomic mass is 9.95. The summed E-state index contributed by atoms with van der Waals surface area (Å²) in [6.45, 7) is 7.39. The first kappa shape index (κ1) is 19.9. The number of aromatic nitrogens is 1. The number of hydrogen-bond acceptors (Lipinski definition) is 6. The van der Waals surface area contributed by atoms with Gasteiger partial charge >= 0.3 is 0 Å². The lowest BCUT2D eigenvalue weighted by molar-refractivity contribution is 0.0929. The number of nitrogens with zero attached hydrogens (tertiary/aromatic N) is 1. The van der Waals surface area contributed by atoms with Gasteiger partial charge in [-0.15, -0.1) is 22.7 Å². The largest absolute Gasteiger partial charge is 0.490 e. The first-order chi connectivity index (χ1) is 14.0. The molecule has 3 heterocycles. The average Bonchev–Trinajstić information content (AvgIpc) is 3.30. The summed E-state index contributed by atoms with van der Waals surface area (Å²) < 4.78 is 11.6. The number of carbonyl (C=O) groups excluding carboxylic acids is 1. The molecule has 4 rings (SSSR count). The van der Waals surface area contributed by atoms with Crippen molar-refractivity contribution in [3.63, 3.8) is 0 Å². The summed E-state index contributed by atoms with van der Waals surface area (Å²) in [5.41, 5.74) is 1.77.